The summed E-state index contributed by atoms with van der Waals surface area (Å²) in [5.74, 6) is 0. The van der Waals surface area contributed by atoms with E-state index in [1.807, 2.05) is 30.3 Å². The highest BCUT2D eigenvalue weighted by atomic mass is 32.2. The lowest BCUT2D eigenvalue weighted by atomic mass is 10.1. The van der Waals surface area contributed by atoms with Gasteiger partial charge in [-0.3, -0.25) is 0 Å². The molecule has 0 saturated carbocycles. The third kappa shape index (κ3) is 3.98. The second-order valence-electron chi connectivity index (χ2n) is 6.34. The highest BCUT2D eigenvalue weighted by Crippen LogP contribution is 2.23. The van der Waals surface area contributed by atoms with Gasteiger partial charge in [0.2, 0.25) is 20.0 Å². The van der Waals surface area contributed by atoms with Gasteiger partial charge in [0, 0.05) is 19.1 Å². The van der Waals surface area contributed by atoms with Crippen LogP contribution in [-0.4, -0.2) is 34.2 Å². The van der Waals surface area contributed by atoms with Gasteiger partial charge in [-0.2, -0.15) is 4.31 Å². The van der Waals surface area contributed by atoms with Gasteiger partial charge in [0.25, 0.3) is 0 Å². The second kappa shape index (κ2) is 7.48. The van der Waals surface area contributed by atoms with E-state index in [1.54, 1.807) is 6.92 Å². The summed E-state index contributed by atoms with van der Waals surface area (Å²) in [5, 5.41) is 0. The average molecular weight is 395 g/mol. The van der Waals surface area contributed by atoms with E-state index in [2.05, 4.69) is 4.72 Å². The minimum Gasteiger partial charge on any atom is -0.207 e. The van der Waals surface area contributed by atoms with E-state index in [0.29, 0.717) is 13.1 Å². The molecule has 2 aromatic carbocycles. The minimum absolute atomic E-state index is 0.0423. The highest BCUT2D eigenvalue weighted by Gasteiger charge is 2.27. The summed E-state index contributed by atoms with van der Waals surface area (Å²) in [5.41, 5.74) is 0.851. The summed E-state index contributed by atoms with van der Waals surface area (Å²) < 4.78 is 54.2. The Labute approximate surface area is 155 Å². The van der Waals surface area contributed by atoms with Gasteiger partial charge in [-0.25, -0.2) is 21.6 Å². The molecular formula is C18H22N2O4S2. The Balaban J connectivity index is 1.79. The first-order chi connectivity index (χ1) is 12.3. The normalized spacial score (nSPS) is 17.3. The number of hydrogen-bond donors (Lipinski definition) is 1. The first kappa shape index (κ1) is 19.0. The van der Waals surface area contributed by atoms with E-state index >= 15 is 0 Å². The Hall–Kier alpha value is -1.74. The van der Waals surface area contributed by atoms with Crippen molar-refractivity contribution in [2.45, 2.75) is 35.6 Å². The van der Waals surface area contributed by atoms with Crippen LogP contribution >= 0.6 is 0 Å². The molecular weight excluding hydrogens is 372 g/mol. The van der Waals surface area contributed by atoms with Gasteiger partial charge in [-0.05, 0) is 49.6 Å². The monoisotopic (exact) mass is 394 g/mol. The van der Waals surface area contributed by atoms with Gasteiger partial charge >= 0.3 is 0 Å². The first-order valence-electron chi connectivity index (χ1n) is 8.48. The van der Waals surface area contributed by atoms with Gasteiger partial charge in [0.1, 0.15) is 0 Å². The molecule has 6 nitrogen and oxygen atoms in total. The second-order valence-corrected chi connectivity index (χ2v) is 9.99. The molecule has 0 spiro atoms. The van der Waals surface area contributed by atoms with E-state index in [4.69, 9.17) is 0 Å². The first-order valence-corrected chi connectivity index (χ1v) is 11.4. The molecule has 1 heterocycles. The van der Waals surface area contributed by atoms with E-state index in [1.165, 1.54) is 28.6 Å². The van der Waals surface area contributed by atoms with Crippen molar-refractivity contribution in [1.82, 2.24) is 9.03 Å². The Kier molecular flexibility index (Phi) is 5.47. The predicted molar refractivity (Wildman–Crippen MR) is 99.6 cm³/mol. The topological polar surface area (TPSA) is 83.5 Å². The third-order valence-electron chi connectivity index (χ3n) is 4.47. The maximum Gasteiger partial charge on any atom is 0.243 e. The van der Waals surface area contributed by atoms with Crippen molar-refractivity contribution in [2.24, 2.45) is 0 Å². The fourth-order valence-corrected chi connectivity index (χ4v) is 5.73. The van der Waals surface area contributed by atoms with Gasteiger partial charge in [0.05, 0.1) is 9.79 Å². The summed E-state index contributed by atoms with van der Waals surface area (Å²) in [7, 11) is -7.30. The van der Waals surface area contributed by atoms with E-state index in [-0.39, 0.29) is 9.79 Å². The molecule has 1 fully saturated rings. The SMILES string of the molecule is CC(NS(=O)(=O)c1ccc(S(=O)(=O)N2CCCC2)cc1)c1ccccc1. The van der Waals surface area contributed by atoms with Gasteiger partial charge < -0.3 is 0 Å². The van der Waals surface area contributed by atoms with E-state index < -0.39 is 26.1 Å². The van der Waals surface area contributed by atoms with Crippen LogP contribution in [0.15, 0.2) is 64.4 Å². The summed E-state index contributed by atoms with van der Waals surface area (Å²) in [6.45, 7) is 2.79. The standard InChI is InChI=1S/C18H22N2O4S2/c1-15(16-7-3-2-4-8-16)19-25(21,22)17-9-11-18(12-10-17)26(23,24)20-13-5-6-14-20/h2-4,7-12,15,19H,5-6,13-14H2,1H3. The van der Waals surface area contributed by atoms with Crippen LogP contribution in [0.5, 0.6) is 0 Å². The predicted octanol–water partition coefficient (Wildman–Crippen LogP) is 2.51. The van der Waals surface area contributed by atoms with Gasteiger partial charge in [0.15, 0.2) is 0 Å². The van der Waals surface area contributed by atoms with Crippen molar-refractivity contribution >= 4 is 20.0 Å². The molecule has 1 aliphatic heterocycles. The lowest BCUT2D eigenvalue weighted by Gasteiger charge is -2.17. The number of hydrogen-bond acceptors (Lipinski definition) is 4. The number of nitrogens with zero attached hydrogens (tertiary/aromatic N) is 1. The molecule has 0 aliphatic carbocycles. The zero-order valence-corrected chi connectivity index (χ0v) is 16.1. The number of sulfonamides is 2. The molecule has 0 bridgehead atoms. The molecule has 1 aliphatic rings. The number of nitrogens with one attached hydrogen (secondary N) is 1. The van der Waals surface area contributed by atoms with Crippen LogP contribution in [0, 0.1) is 0 Å². The molecule has 1 atom stereocenters. The van der Waals surface area contributed by atoms with Crippen molar-refractivity contribution in [3.63, 3.8) is 0 Å². The Morgan fingerprint density at radius 2 is 1.38 bits per heavy atom. The van der Waals surface area contributed by atoms with Crippen LogP contribution in [0.25, 0.3) is 0 Å². The molecule has 0 radical (unpaired) electrons. The summed E-state index contributed by atoms with van der Waals surface area (Å²) in [6.07, 6.45) is 1.71. The quantitative estimate of drug-likeness (QED) is 0.816. The summed E-state index contributed by atoms with van der Waals surface area (Å²) >= 11 is 0. The molecule has 3 rings (SSSR count). The molecule has 26 heavy (non-hydrogen) atoms. The van der Waals surface area contributed by atoms with Crippen molar-refractivity contribution < 1.29 is 16.8 Å². The molecule has 2 aromatic rings. The Morgan fingerprint density at radius 3 is 1.96 bits per heavy atom. The third-order valence-corrected chi connectivity index (χ3v) is 7.94. The largest absolute Gasteiger partial charge is 0.243 e. The zero-order valence-electron chi connectivity index (χ0n) is 14.5. The van der Waals surface area contributed by atoms with Crippen LogP contribution in [0.2, 0.25) is 0 Å². The van der Waals surface area contributed by atoms with Crippen LogP contribution in [-0.2, 0) is 20.0 Å². The Bertz CT molecular complexity index is 950. The molecule has 1 saturated heterocycles. The lowest BCUT2D eigenvalue weighted by Crippen LogP contribution is -2.28. The van der Waals surface area contributed by atoms with Crippen LogP contribution < -0.4 is 4.72 Å². The lowest BCUT2D eigenvalue weighted by molar-refractivity contribution is 0.477. The van der Waals surface area contributed by atoms with Crippen molar-refractivity contribution in [3.8, 4) is 0 Å². The molecule has 1 unspecified atom stereocenters. The molecule has 0 amide bonds. The number of benzene rings is 2. The van der Waals surface area contributed by atoms with E-state index in [9.17, 15) is 16.8 Å². The van der Waals surface area contributed by atoms with Gasteiger partial charge in [-0.1, -0.05) is 30.3 Å². The summed E-state index contributed by atoms with van der Waals surface area (Å²) in [6, 6.07) is 14.2. The van der Waals surface area contributed by atoms with Crippen molar-refractivity contribution in [3.05, 3.63) is 60.2 Å². The van der Waals surface area contributed by atoms with Crippen molar-refractivity contribution in [2.75, 3.05) is 13.1 Å². The van der Waals surface area contributed by atoms with Crippen LogP contribution in [0.3, 0.4) is 0 Å². The zero-order chi connectivity index (χ0) is 18.8. The highest BCUT2D eigenvalue weighted by molar-refractivity contribution is 7.89. The van der Waals surface area contributed by atoms with Crippen LogP contribution in [0.4, 0.5) is 0 Å². The molecule has 140 valence electrons. The Morgan fingerprint density at radius 1 is 0.846 bits per heavy atom. The molecule has 1 N–H and O–H groups in total. The smallest absolute Gasteiger partial charge is 0.207 e. The molecule has 8 heteroatoms. The van der Waals surface area contributed by atoms with Crippen LogP contribution in [0.1, 0.15) is 31.4 Å². The summed E-state index contributed by atoms with van der Waals surface area (Å²) in [4.78, 5) is 0.162. The van der Waals surface area contributed by atoms with Gasteiger partial charge in [-0.15, -0.1) is 0 Å². The maximum absolute atomic E-state index is 12.6. The number of rotatable bonds is 6. The fraction of sp³-hybridized carbons (Fsp3) is 0.333. The van der Waals surface area contributed by atoms with Crippen molar-refractivity contribution in [1.29, 1.82) is 0 Å². The maximum atomic E-state index is 12.6. The average Bonchev–Trinajstić information content (AvgIpc) is 3.18. The molecule has 0 aromatic heterocycles. The van der Waals surface area contributed by atoms with E-state index in [0.717, 1.165) is 18.4 Å². The minimum atomic E-state index is -3.75. The fourth-order valence-electron chi connectivity index (χ4n) is 2.98.